The molecule has 0 heterocycles. The van der Waals surface area contributed by atoms with Crippen molar-refractivity contribution in [2.24, 2.45) is 0 Å². The van der Waals surface area contributed by atoms with E-state index < -0.39 is 24.0 Å². The number of hydrogen-bond acceptors (Lipinski definition) is 6. The smallest absolute Gasteiger partial charge is 0.304 e. The van der Waals surface area contributed by atoms with Crippen LogP contribution in [0, 0.1) is 0 Å². The first kappa shape index (κ1) is 32.5. The molecular formula is C28H46N2O7. The number of nitrogens with zero attached hydrogens (tertiary/aromatic N) is 2. The van der Waals surface area contributed by atoms with Crippen LogP contribution in [0.5, 0.6) is 0 Å². The van der Waals surface area contributed by atoms with E-state index in [-0.39, 0.29) is 58.0 Å². The molecule has 4 N–H and O–H groups in total. The molecule has 1 aromatic carbocycles. The summed E-state index contributed by atoms with van der Waals surface area (Å²) in [5, 5.41) is 38.4. The summed E-state index contributed by atoms with van der Waals surface area (Å²) < 4.78 is 0. The Morgan fingerprint density at radius 3 is 1.78 bits per heavy atom. The van der Waals surface area contributed by atoms with Crippen LogP contribution in [0.2, 0.25) is 0 Å². The van der Waals surface area contributed by atoms with Gasteiger partial charge in [-0.2, -0.15) is 0 Å². The van der Waals surface area contributed by atoms with E-state index in [1.165, 1.54) is 32.1 Å². The van der Waals surface area contributed by atoms with Gasteiger partial charge in [0.25, 0.3) is 0 Å². The van der Waals surface area contributed by atoms with E-state index in [1.807, 2.05) is 35.2 Å². The highest BCUT2D eigenvalue weighted by atomic mass is 16.4. The standard InChI is InChI=1S/C28H46N2O7/c1-2-3-4-5-6-7-11-14-25(23-12-9-8-10-13-23)30(20-17-28(36)37)22-24(31)21-29(18-15-26(32)33)19-16-27(34)35/h8-10,12-13,24-25,31H,2-7,11,14-22H2,1H3,(H,32,33)(H,34,35)(H,36,37). The molecule has 2 atom stereocenters. The van der Waals surface area contributed by atoms with Gasteiger partial charge in [0.05, 0.1) is 25.4 Å². The Labute approximate surface area is 221 Å². The zero-order chi connectivity index (χ0) is 27.5. The monoisotopic (exact) mass is 522 g/mol. The third kappa shape index (κ3) is 16.1. The number of benzene rings is 1. The molecule has 0 aliphatic heterocycles. The molecule has 37 heavy (non-hydrogen) atoms. The van der Waals surface area contributed by atoms with Gasteiger partial charge in [-0.3, -0.25) is 24.2 Å². The zero-order valence-electron chi connectivity index (χ0n) is 22.3. The second-order valence-electron chi connectivity index (χ2n) is 9.72. The van der Waals surface area contributed by atoms with E-state index in [4.69, 9.17) is 10.2 Å². The Balaban J connectivity index is 2.92. The minimum Gasteiger partial charge on any atom is -0.481 e. The number of unbranched alkanes of at least 4 members (excludes halogenated alkanes) is 6. The maximum Gasteiger partial charge on any atom is 0.304 e. The van der Waals surface area contributed by atoms with Crippen LogP contribution >= 0.6 is 0 Å². The molecule has 1 aromatic rings. The number of hydrogen-bond donors (Lipinski definition) is 4. The summed E-state index contributed by atoms with van der Waals surface area (Å²) in [4.78, 5) is 37.1. The van der Waals surface area contributed by atoms with Crippen LogP contribution in [0.25, 0.3) is 0 Å². The maximum atomic E-state index is 11.4. The van der Waals surface area contributed by atoms with Gasteiger partial charge in [-0.1, -0.05) is 82.2 Å². The van der Waals surface area contributed by atoms with Crippen molar-refractivity contribution in [2.75, 3.05) is 32.7 Å². The number of rotatable bonds is 23. The van der Waals surface area contributed by atoms with Gasteiger partial charge in [-0.25, -0.2) is 0 Å². The van der Waals surface area contributed by atoms with Crippen LogP contribution in [-0.2, 0) is 14.4 Å². The van der Waals surface area contributed by atoms with Crippen molar-refractivity contribution >= 4 is 17.9 Å². The van der Waals surface area contributed by atoms with E-state index in [2.05, 4.69) is 6.92 Å². The zero-order valence-corrected chi connectivity index (χ0v) is 22.3. The number of carboxylic acid groups (broad SMARTS) is 3. The summed E-state index contributed by atoms with van der Waals surface area (Å²) in [6, 6.07) is 9.85. The van der Waals surface area contributed by atoms with Crippen molar-refractivity contribution < 1.29 is 34.8 Å². The summed E-state index contributed by atoms with van der Waals surface area (Å²) in [5.41, 5.74) is 1.07. The highest BCUT2D eigenvalue weighted by molar-refractivity contribution is 5.67. The van der Waals surface area contributed by atoms with E-state index in [1.54, 1.807) is 4.90 Å². The lowest BCUT2D eigenvalue weighted by Crippen LogP contribution is -2.43. The first-order valence-electron chi connectivity index (χ1n) is 13.6. The minimum atomic E-state index is -0.989. The Morgan fingerprint density at radius 2 is 1.24 bits per heavy atom. The summed E-state index contributed by atoms with van der Waals surface area (Å²) >= 11 is 0. The van der Waals surface area contributed by atoms with Crippen LogP contribution in [0.3, 0.4) is 0 Å². The Morgan fingerprint density at radius 1 is 0.730 bits per heavy atom. The van der Waals surface area contributed by atoms with Crippen LogP contribution in [-0.4, -0.2) is 87.0 Å². The van der Waals surface area contributed by atoms with Crippen molar-refractivity contribution in [1.82, 2.24) is 9.80 Å². The van der Waals surface area contributed by atoms with Crippen molar-refractivity contribution in [1.29, 1.82) is 0 Å². The third-order valence-electron chi connectivity index (χ3n) is 6.52. The van der Waals surface area contributed by atoms with E-state index in [0.717, 1.165) is 24.8 Å². The normalized spacial score (nSPS) is 13.1. The second-order valence-corrected chi connectivity index (χ2v) is 9.72. The molecule has 0 aliphatic rings. The van der Waals surface area contributed by atoms with Gasteiger partial charge < -0.3 is 20.4 Å². The molecule has 0 saturated carbocycles. The molecule has 0 fully saturated rings. The summed E-state index contributed by atoms with van der Waals surface area (Å²) in [5.74, 6) is -2.89. The highest BCUT2D eigenvalue weighted by Crippen LogP contribution is 2.28. The van der Waals surface area contributed by atoms with E-state index in [0.29, 0.717) is 0 Å². The molecule has 2 unspecified atom stereocenters. The molecule has 0 radical (unpaired) electrons. The fourth-order valence-electron chi connectivity index (χ4n) is 4.57. The van der Waals surface area contributed by atoms with Gasteiger partial charge in [-0.05, 0) is 12.0 Å². The van der Waals surface area contributed by atoms with Gasteiger partial charge in [0, 0.05) is 38.8 Å². The molecule has 0 aliphatic carbocycles. The van der Waals surface area contributed by atoms with Crippen molar-refractivity contribution in [3.05, 3.63) is 35.9 Å². The van der Waals surface area contributed by atoms with Crippen LogP contribution in [0.4, 0.5) is 0 Å². The first-order chi connectivity index (χ1) is 17.7. The van der Waals surface area contributed by atoms with Gasteiger partial charge in [0.2, 0.25) is 0 Å². The number of aliphatic hydroxyl groups is 1. The number of aliphatic carboxylic acids is 3. The number of carboxylic acids is 3. The summed E-state index contributed by atoms with van der Waals surface area (Å²) in [6.07, 6.45) is 7.77. The molecule has 0 aromatic heterocycles. The van der Waals surface area contributed by atoms with Gasteiger partial charge in [0.1, 0.15) is 0 Å². The lowest BCUT2D eigenvalue weighted by atomic mass is 9.97. The Bertz CT molecular complexity index is 757. The quantitative estimate of drug-likeness (QED) is 0.155. The molecule has 9 heteroatoms. The topological polar surface area (TPSA) is 139 Å². The van der Waals surface area contributed by atoms with E-state index in [9.17, 15) is 24.6 Å². The largest absolute Gasteiger partial charge is 0.481 e. The lowest BCUT2D eigenvalue weighted by Gasteiger charge is -2.35. The fourth-order valence-corrected chi connectivity index (χ4v) is 4.57. The van der Waals surface area contributed by atoms with Gasteiger partial charge >= 0.3 is 17.9 Å². The molecule has 1 rings (SSSR count). The maximum absolute atomic E-state index is 11.4. The van der Waals surface area contributed by atoms with Gasteiger partial charge in [0.15, 0.2) is 0 Å². The van der Waals surface area contributed by atoms with Crippen molar-refractivity contribution in [3.63, 3.8) is 0 Å². The Hall–Kier alpha value is -2.49. The lowest BCUT2D eigenvalue weighted by molar-refractivity contribution is -0.138. The van der Waals surface area contributed by atoms with Crippen LogP contribution in [0.15, 0.2) is 30.3 Å². The van der Waals surface area contributed by atoms with Crippen LogP contribution in [0.1, 0.15) is 89.2 Å². The molecule has 0 amide bonds. The minimum absolute atomic E-state index is 0.0580. The Kier molecular flexibility index (Phi) is 17.2. The summed E-state index contributed by atoms with van der Waals surface area (Å²) in [6.45, 7) is 3.06. The van der Waals surface area contributed by atoms with Crippen molar-refractivity contribution in [3.8, 4) is 0 Å². The summed E-state index contributed by atoms with van der Waals surface area (Å²) in [7, 11) is 0. The predicted molar refractivity (Wildman–Crippen MR) is 143 cm³/mol. The fraction of sp³-hybridized carbons (Fsp3) is 0.679. The average Bonchev–Trinajstić information content (AvgIpc) is 2.85. The molecular weight excluding hydrogens is 476 g/mol. The molecule has 210 valence electrons. The average molecular weight is 523 g/mol. The SMILES string of the molecule is CCCCCCCCCC(c1ccccc1)N(CCC(=O)O)CC(O)CN(CCC(=O)O)CCC(=O)O. The van der Waals surface area contributed by atoms with Crippen LogP contribution < -0.4 is 0 Å². The number of aliphatic hydroxyl groups excluding tert-OH is 1. The second kappa shape index (κ2) is 19.6. The molecule has 0 bridgehead atoms. The van der Waals surface area contributed by atoms with Crippen molar-refractivity contribution in [2.45, 2.75) is 89.7 Å². The predicted octanol–water partition coefficient (Wildman–Crippen LogP) is 4.26. The number of carbonyl (C=O) groups is 3. The van der Waals surface area contributed by atoms with E-state index >= 15 is 0 Å². The third-order valence-corrected chi connectivity index (χ3v) is 6.52. The molecule has 0 saturated heterocycles. The first-order valence-corrected chi connectivity index (χ1v) is 13.6. The highest BCUT2D eigenvalue weighted by Gasteiger charge is 2.24. The van der Waals surface area contributed by atoms with Gasteiger partial charge in [-0.15, -0.1) is 0 Å². The molecule has 0 spiro atoms. The molecule has 9 nitrogen and oxygen atoms in total.